The van der Waals surface area contributed by atoms with Crippen molar-refractivity contribution in [2.75, 3.05) is 44.3 Å². The van der Waals surface area contributed by atoms with Crippen molar-refractivity contribution in [1.29, 1.82) is 0 Å². The van der Waals surface area contributed by atoms with E-state index < -0.39 is 17.5 Å². The maximum Gasteiger partial charge on any atom is 0.319 e. The molecule has 1 saturated carbocycles. The van der Waals surface area contributed by atoms with Crippen LogP contribution < -0.4 is 19.7 Å². The molecule has 49 heavy (non-hydrogen) atoms. The van der Waals surface area contributed by atoms with Crippen LogP contribution in [-0.4, -0.2) is 88.1 Å². The number of piperazine rings is 1. The second kappa shape index (κ2) is 11.9. The van der Waals surface area contributed by atoms with E-state index >= 15 is 8.78 Å². The lowest BCUT2D eigenvalue weighted by molar-refractivity contribution is 0.107. The minimum Gasteiger partial charge on any atom is -0.508 e. The molecule has 4 aromatic rings. The monoisotopic (exact) mass is 674 g/mol. The molecule has 4 atom stereocenters. The number of fused-ring (bicyclic) bond motifs is 4. The van der Waals surface area contributed by atoms with Crippen LogP contribution in [0.25, 0.3) is 32.9 Å². The Hall–Kier alpha value is -3.90. The van der Waals surface area contributed by atoms with Crippen molar-refractivity contribution < 1.29 is 27.8 Å². The number of alkyl halides is 1. The molecule has 4 aliphatic heterocycles. The number of halogens is 3. The van der Waals surface area contributed by atoms with Crippen LogP contribution in [0.2, 0.25) is 0 Å². The van der Waals surface area contributed by atoms with Crippen molar-refractivity contribution in [2.45, 2.75) is 82.1 Å². The second-order valence-electron chi connectivity index (χ2n) is 14.8. The third kappa shape index (κ3) is 5.33. The molecule has 1 aliphatic carbocycles. The third-order valence-corrected chi connectivity index (χ3v) is 11.4. The first-order chi connectivity index (χ1) is 23.8. The van der Waals surface area contributed by atoms with Crippen molar-refractivity contribution in [2.24, 2.45) is 5.92 Å². The maximum absolute atomic E-state index is 17.3. The molecule has 4 fully saturated rings. The van der Waals surface area contributed by atoms with Gasteiger partial charge in [0.15, 0.2) is 5.82 Å². The lowest BCUT2D eigenvalue weighted by Gasteiger charge is -2.40. The first-order valence-corrected chi connectivity index (χ1v) is 17.8. The van der Waals surface area contributed by atoms with Crippen LogP contribution in [0.4, 0.5) is 19.0 Å². The van der Waals surface area contributed by atoms with Crippen molar-refractivity contribution >= 4 is 27.5 Å². The summed E-state index contributed by atoms with van der Waals surface area (Å²) in [6, 6.07) is 6.15. The largest absolute Gasteiger partial charge is 0.508 e. The van der Waals surface area contributed by atoms with Gasteiger partial charge in [-0.05, 0) is 85.5 Å². The molecule has 12 heteroatoms. The van der Waals surface area contributed by atoms with E-state index in [1.54, 1.807) is 12.1 Å². The number of aromatic hydroxyl groups is 1. The first kappa shape index (κ1) is 31.1. The zero-order valence-corrected chi connectivity index (χ0v) is 27.7. The predicted octanol–water partition coefficient (Wildman–Crippen LogP) is 6.08. The van der Waals surface area contributed by atoms with Gasteiger partial charge in [0.2, 0.25) is 5.88 Å². The second-order valence-corrected chi connectivity index (χ2v) is 14.8. The Labute approximate surface area is 282 Å². The third-order valence-electron chi connectivity index (χ3n) is 11.4. The molecule has 9 rings (SSSR count). The molecule has 258 valence electrons. The highest BCUT2D eigenvalue weighted by atomic mass is 19.1. The van der Waals surface area contributed by atoms with Gasteiger partial charge in [-0.25, -0.2) is 18.2 Å². The SMILES string of the molecule is CCC[C@@H]1CN2c3nc(OC[C@@]45CCCN4C[C@H](F)C5)nc4c(F)c(-c5cc(O)cc6ccc(F)c(CC7CC7)c56)nc(c34)OC[C@@H]2CN1. The van der Waals surface area contributed by atoms with E-state index in [2.05, 4.69) is 27.0 Å². The molecule has 0 unspecified atom stereocenters. The Morgan fingerprint density at radius 1 is 1.12 bits per heavy atom. The van der Waals surface area contributed by atoms with Crippen LogP contribution in [0.15, 0.2) is 24.3 Å². The van der Waals surface area contributed by atoms with Gasteiger partial charge in [0, 0.05) is 37.7 Å². The smallest absolute Gasteiger partial charge is 0.319 e. The zero-order chi connectivity index (χ0) is 33.4. The van der Waals surface area contributed by atoms with Gasteiger partial charge in [-0.3, -0.25) is 4.90 Å². The fraction of sp³-hybridized carbons (Fsp3) is 0.541. The summed E-state index contributed by atoms with van der Waals surface area (Å²) in [5, 5.41) is 15.9. The van der Waals surface area contributed by atoms with Crippen LogP contribution in [-0.2, 0) is 6.42 Å². The predicted molar refractivity (Wildman–Crippen MR) is 180 cm³/mol. The standard InChI is InChI=1S/C37H41F3N6O3/c1-2-4-23-17-46-24(15-41-23)18-48-35-30-33(43-36(44-34(30)46)49-19-37-9-3-10-45(37)16-22(38)14-37)31(40)32(42-35)27-13-25(47)12-21-7-8-28(39)26(29(21)27)11-20-5-6-20/h7-8,12-13,20,22-24,41,47H,2-6,9-11,14-19H2,1H3/t22-,23-,24+,37+/m1/s1. The van der Waals surface area contributed by atoms with Gasteiger partial charge < -0.3 is 24.8 Å². The molecule has 0 amide bonds. The number of anilines is 1. The molecule has 2 N–H and O–H groups in total. The highest BCUT2D eigenvalue weighted by molar-refractivity contribution is 6.03. The summed E-state index contributed by atoms with van der Waals surface area (Å²) in [6.45, 7) is 5.12. The molecule has 0 radical (unpaired) electrons. The highest BCUT2D eigenvalue weighted by Crippen LogP contribution is 2.46. The number of benzene rings is 2. The molecule has 0 bridgehead atoms. The average Bonchev–Trinajstić information content (AvgIpc) is 3.78. The quantitative estimate of drug-likeness (QED) is 0.231. The van der Waals surface area contributed by atoms with Crippen LogP contribution in [0.5, 0.6) is 17.6 Å². The Kier molecular flexibility index (Phi) is 7.53. The number of ether oxygens (including phenoxy) is 2. The van der Waals surface area contributed by atoms with Gasteiger partial charge in [0.05, 0.1) is 11.6 Å². The van der Waals surface area contributed by atoms with E-state index in [-0.39, 0.29) is 65.5 Å². The molecule has 2 aromatic carbocycles. The fourth-order valence-electron chi connectivity index (χ4n) is 8.79. The van der Waals surface area contributed by atoms with Crippen molar-refractivity contribution in [1.82, 2.24) is 25.2 Å². The number of aromatic nitrogens is 3. The number of hydrogen-bond acceptors (Lipinski definition) is 9. The Morgan fingerprint density at radius 3 is 2.84 bits per heavy atom. The number of hydrogen-bond donors (Lipinski definition) is 2. The normalized spacial score (nSPS) is 26.5. The summed E-state index contributed by atoms with van der Waals surface area (Å²) < 4.78 is 60.0. The van der Waals surface area contributed by atoms with Gasteiger partial charge in [0.25, 0.3) is 0 Å². The van der Waals surface area contributed by atoms with E-state index in [1.165, 1.54) is 12.1 Å². The van der Waals surface area contributed by atoms with Gasteiger partial charge in [-0.15, -0.1) is 0 Å². The zero-order valence-electron chi connectivity index (χ0n) is 27.7. The summed E-state index contributed by atoms with van der Waals surface area (Å²) in [5.74, 6) is -0.133. The molecular formula is C37H41F3N6O3. The van der Waals surface area contributed by atoms with Gasteiger partial charge in [-0.2, -0.15) is 9.97 Å². The fourth-order valence-corrected chi connectivity index (χ4v) is 8.79. The van der Waals surface area contributed by atoms with Crippen molar-refractivity contribution in [3.05, 3.63) is 41.5 Å². The molecule has 9 nitrogen and oxygen atoms in total. The van der Waals surface area contributed by atoms with E-state index in [4.69, 9.17) is 19.4 Å². The number of rotatable bonds is 8. The Morgan fingerprint density at radius 2 is 2.00 bits per heavy atom. The van der Waals surface area contributed by atoms with Crippen LogP contribution in [0.1, 0.15) is 57.4 Å². The van der Waals surface area contributed by atoms with Gasteiger partial charge >= 0.3 is 6.01 Å². The first-order valence-electron chi connectivity index (χ1n) is 17.8. The molecular weight excluding hydrogens is 633 g/mol. The number of nitrogens with one attached hydrogen (secondary N) is 1. The number of nitrogens with zero attached hydrogens (tertiary/aromatic N) is 5. The van der Waals surface area contributed by atoms with Gasteiger partial charge in [-0.1, -0.05) is 19.4 Å². The summed E-state index contributed by atoms with van der Waals surface area (Å²) in [6.07, 6.45) is 5.77. The maximum atomic E-state index is 17.3. The van der Waals surface area contributed by atoms with E-state index in [0.717, 1.165) is 45.1 Å². The van der Waals surface area contributed by atoms with Gasteiger partial charge in [0.1, 0.15) is 53.4 Å². The van der Waals surface area contributed by atoms with E-state index in [1.807, 2.05) is 0 Å². The number of phenols is 1. The van der Waals surface area contributed by atoms with E-state index in [9.17, 15) is 9.50 Å². The lowest BCUT2D eigenvalue weighted by Crippen LogP contribution is -2.58. The van der Waals surface area contributed by atoms with Crippen LogP contribution in [0.3, 0.4) is 0 Å². The average molecular weight is 675 g/mol. The molecule has 2 aromatic heterocycles. The Bertz CT molecular complexity index is 1960. The summed E-state index contributed by atoms with van der Waals surface area (Å²) >= 11 is 0. The van der Waals surface area contributed by atoms with Crippen molar-refractivity contribution in [3.63, 3.8) is 0 Å². The topological polar surface area (TPSA) is 95.9 Å². The number of pyridine rings is 1. The highest BCUT2D eigenvalue weighted by Gasteiger charge is 2.49. The molecule has 6 heterocycles. The van der Waals surface area contributed by atoms with Crippen LogP contribution in [0, 0.1) is 17.6 Å². The Balaban J connectivity index is 1.22. The lowest BCUT2D eigenvalue weighted by atomic mass is 9.93. The van der Waals surface area contributed by atoms with Crippen molar-refractivity contribution in [3.8, 4) is 28.9 Å². The molecule has 3 saturated heterocycles. The minimum absolute atomic E-state index is 0.0143. The summed E-state index contributed by atoms with van der Waals surface area (Å²) in [7, 11) is 0. The summed E-state index contributed by atoms with van der Waals surface area (Å²) in [4.78, 5) is 18.7. The summed E-state index contributed by atoms with van der Waals surface area (Å²) in [5.41, 5.74) is 0.232. The minimum atomic E-state index is -0.916. The molecule has 0 spiro atoms. The number of phenolic OH excluding ortho intramolecular Hbond substituents is 1. The van der Waals surface area contributed by atoms with E-state index in [0.29, 0.717) is 65.9 Å². The van der Waals surface area contributed by atoms with Crippen LogP contribution >= 0.6 is 0 Å². The molecule has 5 aliphatic rings.